The van der Waals surface area contributed by atoms with Gasteiger partial charge in [-0.15, -0.1) is 0 Å². The number of phosphoric ester groups is 1. The fraction of sp³-hybridized carbons (Fsp3) is 0.778. The van der Waals surface area contributed by atoms with E-state index in [-0.39, 0.29) is 24.9 Å². The summed E-state index contributed by atoms with van der Waals surface area (Å²) in [5.74, 6) is -0.558. The summed E-state index contributed by atoms with van der Waals surface area (Å²) in [4.78, 5) is 40.1. The van der Waals surface area contributed by atoms with Crippen LogP contribution in [0, 0.1) is 0 Å². The van der Waals surface area contributed by atoms with E-state index >= 15 is 0 Å². The van der Waals surface area contributed by atoms with Crippen molar-refractivity contribution in [2.75, 3.05) is 40.9 Å². The zero-order valence-electron chi connectivity index (χ0n) is 54.4. The van der Waals surface area contributed by atoms with Gasteiger partial charge in [0.1, 0.15) is 19.3 Å². The first-order valence-electron chi connectivity index (χ1n) is 34.4. The lowest BCUT2D eigenvalue weighted by molar-refractivity contribution is -0.870. The van der Waals surface area contributed by atoms with Crippen LogP contribution in [-0.4, -0.2) is 69.4 Å². The first kappa shape index (κ1) is 79.2. The van der Waals surface area contributed by atoms with Gasteiger partial charge < -0.3 is 28.5 Å². The van der Waals surface area contributed by atoms with E-state index in [0.717, 1.165) is 103 Å². The molecule has 0 heterocycles. The molecule has 10 heteroatoms. The molecular weight excluding hydrogens is 1040 g/mol. The van der Waals surface area contributed by atoms with Crippen LogP contribution in [0.2, 0.25) is 0 Å². The Labute approximate surface area is 507 Å². The highest BCUT2D eigenvalue weighted by Gasteiger charge is 2.27. The van der Waals surface area contributed by atoms with Crippen LogP contribution in [0.25, 0.3) is 0 Å². The topological polar surface area (TPSA) is 114 Å². The number of ether oxygens (including phenoxy) is 1. The Kier molecular flexibility index (Phi) is 59.2. The second-order valence-electron chi connectivity index (χ2n) is 24.3. The number of allylic oxidation sites excluding steroid dienone is 13. The van der Waals surface area contributed by atoms with E-state index in [1.807, 2.05) is 33.3 Å². The predicted octanol–water partition coefficient (Wildman–Crippen LogP) is 21.1. The van der Waals surface area contributed by atoms with E-state index in [1.165, 1.54) is 167 Å². The summed E-state index contributed by atoms with van der Waals surface area (Å²) in [6.45, 7) is 6.73. The van der Waals surface area contributed by atoms with Crippen LogP contribution in [0.1, 0.15) is 310 Å². The lowest BCUT2D eigenvalue weighted by Gasteiger charge is -2.30. The number of unbranched alkanes of at least 4 members (excludes halogenated alkanes) is 34. The molecule has 0 radical (unpaired) electrons. The Balaban J connectivity index is 5.15. The second kappa shape index (κ2) is 61.3. The lowest BCUT2D eigenvalue weighted by Crippen LogP contribution is -2.47. The summed E-state index contributed by atoms with van der Waals surface area (Å²) in [5.41, 5.74) is 0. The molecule has 0 saturated heterocycles. The van der Waals surface area contributed by atoms with E-state index in [4.69, 9.17) is 13.8 Å². The third-order valence-corrected chi connectivity index (χ3v) is 16.0. The van der Waals surface area contributed by atoms with Crippen molar-refractivity contribution < 1.29 is 37.3 Å². The van der Waals surface area contributed by atoms with Gasteiger partial charge in [0.2, 0.25) is 5.91 Å². The maximum absolute atomic E-state index is 13.6. The van der Waals surface area contributed by atoms with Crippen molar-refractivity contribution >= 4 is 19.7 Å². The van der Waals surface area contributed by atoms with E-state index in [9.17, 15) is 19.0 Å². The SMILES string of the molecule is CC/C=C\C/C=C\C/C=C\C/C=C\C/C=C\CCCCCCCC(=O)NC(COP(=O)([O-])OCC[N+](C)(C)C)C(/C=C/CCCCCCCCCCCC)OC(=O)CCCCCCCCCCCCCCC/C=C/CCCCCCCC. The summed E-state index contributed by atoms with van der Waals surface area (Å²) < 4.78 is 30.4. The molecule has 1 N–H and O–H groups in total. The van der Waals surface area contributed by atoms with Crippen LogP contribution in [0.3, 0.4) is 0 Å². The van der Waals surface area contributed by atoms with Crippen molar-refractivity contribution in [3.05, 3.63) is 85.1 Å². The van der Waals surface area contributed by atoms with Crippen LogP contribution in [0.5, 0.6) is 0 Å². The molecule has 0 aromatic rings. The molecule has 0 fully saturated rings. The first-order chi connectivity index (χ1) is 39.9. The minimum absolute atomic E-state index is 0.0290. The molecule has 0 aliphatic rings. The normalized spacial score (nSPS) is 14.1. The number of nitrogens with zero attached hydrogens (tertiary/aromatic N) is 1. The van der Waals surface area contributed by atoms with Crippen LogP contribution in [-0.2, 0) is 27.9 Å². The summed E-state index contributed by atoms with van der Waals surface area (Å²) >= 11 is 0. The quantitative estimate of drug-likeness (QED) is 0.0212. The number of hydrogen-bond donors (Lipinski definition) is 1. The molecule has 0 bridgehead atoms. The van der Waals surface area contributed by atoms with Crippen LogP contribution < -0.4 is 10.2 Å². The number of carbonyl (C=O) groups is 2. The van der Waals surface area contributed by atoms with Gasteiger partial charge in [0, 0.05) is 12.8 Å². The Morgan fingerprint density at radius 1 is 0.439 bits per heavy atom. The van der Waals surface area contributed by atoms with Gasteiger partial charge in [-0.3, -0.25) is 14.2 Å². The second-order valence-corrected chi connectivity index (χ2v) is 25.7. The number of amides is 1. The van der Waals surface area contributed by atoms with Gasteiger partial charge in [0.15, 0.2) is 0 Å². The summed E-state index contributed by atoms with van der Waals surface area (Å²) in [7, 11) is 1.17. The molecule has 476 valence electrons. The number of carbonyl (C=O) groups excluding carboxylic acids is 2. The van der Waals surface area contributed by atoms with Crippen molar-refractivity contribution in [2.45, 2.75) is 322 Å². The monoisotopic (exact) mass is 1170 g/mol. The van der Waals surface area contributed by atoms with Gasteiger partial charge in [-0.25, -0.2) is 0 Å². The van der Waals surface area contributed by atoms with Gasteiger partial charge in [0.25, 0.3) is 7.82 Å². The molecule has 82 heavy (non-hydrogen) atoms. The summed E-state index contributed by atoms with van der Waals surface area (Å²) in [5, 5.41) is 3.03. The zero-order chi connectivity index (χ0) is 60.0. The van der Waals surface area contributed by atoms with Crippen molar-refractivity contribution in [3.63, 3.8) is 0 Å². The lowest BCUT2D eigenvalue weighted by atomic mass is 10.0. The largest absolute Gasteiger partial charge is 0.756 e. The molecule has 0 aliphatic heterocycles. The minimum Gasteiger partial charge on any atom is -0.756 e. The number of quaternary nitrogens is 1. The average Bonchev–Trinajstić information content (AvgIpc) is 3.44. The third-order valence-electron chi connectivity index (χ3n) is 15.1. The molecule has 0 aliphatic carbocycles. The highest BCUT2D eigenvalue weighted by molar-refractivity contribution is 7.45. The Morgan fingerprint density at radius 3 is 1.18 bits per heavy atom. The van der Waals surface area contributed by atoms with Crippen molar-refractivity contribution in [3.8, 4) is 0 Å². The van der Waals surface area contributed by atoms with E-state index < -0.39 is 26.6 Å². The number of likely N-dealkylation sites (N-methyl/N-ethyl adjacent to an activating group) is 1. The maximum atomic E-state index is 13.6. The minimum atomic E-state index is -4.71. The van der Waals surface area contributed by atoms with E-state index in [0.29, 0.717) is 23.9 Å². The molecule has 0 saturated carbocycles. The van der Waals surface area contributed by atoms with Crippen LogP contribution >= 0.6 is 7.82 Å². The van der Waals surface area contributed by atoms with E-state index in [2.05, 4.69) is 99.0 Å². The molecular formula is C72H131N2O7P. The zero-order valence-corrected chi connectivity index (χ0v) is 55.3. The number of phosphoric acid groups is 1. The third kappa shape index (κ3) is 61.7. The van der Waals surface area contributed by atoms with Crippen LogP contribution in [0.15, 0.2) is 85.1 Å². The van der Waals surface area contributed by atoms with Crippen molar-refractivity contribution in [1.29, 1.82) is 0 Å². The van der Waals surface area contributed by atoms with Gasteiger partial charge in [0.05, 0.1) is 33.8 Å². The standard InChI is InChI=1S/C72H131N2O7P/c1-7-10-13-16-19-22-25-28-30-32-34-36-37-39-41-43-45-47-50-53-56-59-62-65-72(76)81-70(63-60-57-54-51-48-27-24-21-18-15-12-9-3)69(68-80-82(77,78)79-67-66-74(4,5)6)73-71(75)64-61-58-55-52-49-46-44-42-40-38-35-33-31-29-26-23-20-17-14-11-8-2/h11,14,20,23,28-31,35,38,42,44,60,63,69-70H,7-10,12-13,15-19,21-22,24-27,32-34,36-37,39-41,43,45-59,61-62,64-68H2,1-6H3,(H-,73,75,77,78)/b14-11-,23-20-,30-28+,31-29-,38-35-,44-42-,63-60+. The fourth-order valence-electron chi connectivity index (χ4n) is 9.78. The molecule has 0 aromatic heterocycles. The molecule has 9 nitrogen and oxygen atoms in total. The summed E-state index contributed by atoms with van der Waals surface area (Å²) in [6, 6.07) is -0.903. The Morgan fingerprint density at radius 2 is 0.780 bits per heavy atom. The highest BCUT2D eigenvalue weighted by Crippen LogP contribution is 2.38. The van der Waals surface area contributed by atoms with Crippen LogP contribution in [0.4, 0.5) is 0 Å². The molecule has 3 unspecified atom stereocenters. The van der Waals surface area contributed by atoms with Gasteiger partial charge in [-0.05, 0) is 102 Å². The van der Waals surface area contributed by atoms with Gasteiger partial charge >= 0.3 is 5.97 Å². The van der Waals surface area contributed by atoms with Crippen molar-refractivity contribution in [2.24, 2.45) is 0 Å². The average molecular weight is 1170 g/mol. The molecule has 1 amide bonds. The van der Waals surface area contributed by atoms with Crippen molar-refractivity contribution in [1.82, 2.24) is 5.32 Å². The molecule has 0 spiro atoms. The fourth-order valence-corrected chi connectivity index (χ4v) is 10.5. The Bertz CT molecular complexity index is 1680. The maximum Gasteiger partial charge on any atom is 0.306 e. The van der Waals surface area contributed by atoms with Gasteiger partial charge in [-0.2, -0.15) is 0 Å². The predicted molar refractivity (Wildman–Crippen MR) is 353 cm³/mol. The number of esters is 1. The molecule has 0 aromatic carbocycles. The Hall–Kier alpha value is -2.81. The number of nitrogens with one attached hydrogen (secondary N) is 1. The number of hydrogen-bond acceptors (Lipinski definition) is 7. The first-order valence-corrected chi connectivity index (χ1v) is 35.9. The van der Waals surface area contributed by atoms with E-state index in [1.54, 1.807) is 0 Å². The van der Waals surface area contributed by atoms with Gasteiger partial charge in [-0.1, -0.05) is 280 Å². The smallest absolute Gasteiger partial charge is 0.306 e. The number of rotatable bonds is 62. The highest BCUT2D eigenvalue weighted by atomic mass is 31.2. The molecule has 0 rings (SSSR count). The summed E-state index contributed by atoms with van der Waals surface area (Å²) in [6.07, 6.45) is 81.3. The molecule has 3 atom stereocenters.